The maximum atomic E-state index is 14.2. The third-order valence-corrected chi connectivity index (χ3v) is 3.59. The summed E-state index contributed by atoms with van der Waals surface area (Å²) in [5.74, 6) is -0.355. The van der Waals surface area contributed by atoms with Gasteiger partial charge >= 0.3 is 0 Å². The Balaban J connectivity index is 2.40. The number of nitrogens with zero attached hydrogens (tertiary/aromatic N) is 2. The van der Waals surface area contributed by atoms with Gasteiger partial charge in [0.15, 0.2) is 0 Å². The topological polar surface area (TPSA) is 27.1 Å². The Morgan fingerprint density at radius 1 is 1.33 bits per heavy atom. The molecular formula is C16H20ClFN2O. The number of rotatable bonds is 4. The van der Waals surface area contributed by atoms with Gasteiger partial charge in [-0.25, -0.2) is 9.37 Å². The molecule has 0 aliphatic carbocycles. The second-order valence-electron chi connectivity index (χ2n) is 6.06. The number of imidazole rings is 1. The first-order valence-electron chi connectivity index (χ1n) is 6.83. The predicted octanol–water partition coefficient (Wildman–Crippen LogP) is 4.29. The summed E-state index contributed by atoms with van der Waals surface area (Å²) in [5, 5.41) is 0.129. The van der Waals surface area contributed by atoms with E-state index in [1.807, 2.05) is 37.6 Å². The van der Waals surface area contributed by atoms with Crippen LogP contribution in [0.3, 0.4) is 0 Å². The number of halogens is 2. The highest BCUT2D eigenvalue weighted by Gasteiger charge is 2.22. The first-order valence-corrected chi connectivity index (χ1v) is 7.21. The lowest BCUT2D eigenvalue weighted by molar-refractivity contribution is 0.187. The molecular weight excluding hydrogens is 291 g/mol. The predicted molar refractivity (Wildman–Crippen MR) is 83.2 cm³/mol. The minimum absolute atomic E-state index is 0.129. The van der Waals surface area contributed by atoms with E-state index in [1.165, 1.54) is 0 Å². The minimum Gasteiger partial charge on any atom is -0.383 e. The number of hydrogen-bond acceptors (Lipinski definition) is 2. The van der Waals surface area contributed by atoms with Crippen LogP contribution in [-0.2, 0) is 16.7 Å². The molecule has 0 saturated heterocycles. The molecule has 0 amide bonds. The van der Waals surface area contributed by atoms with E-state index in [2.05, 4.69) is 4.98 Å². The number of aromatic nitrogens is 2. The van der Waals surface area contributed by atoms with Crippen molar-refractivity contribution in [3.8, 4) is 11.3 Å². The lowest BCUT2D eigenvalue weighted by Crippen LogP contribution is -2.14. The molecule has 114 valence electrons. The van der Waals surface area contributed by atoms with Crippen LogP contribution in [0.1, 0.15) is 26.3 Å². The van der Waals surface area contributed by atoms with Crippen molar-refractivity contribution in [3.05, 3.63) is 41.1 Å². The quantitative estimate of drug-likeness (QED) is 0.842. The minimum atomic E-state index is -0.355. The number of ether oxygens (including phenoxy) is 1. The second kappa shape index (κ2) is 6.16. The molecule has 0 radical (unpaired) electrons. The molecule has 0 aliphatic rings. The highest BCUT2D eigenvalue weighted by Crippen LogP contribution is 2.33. The maximum absolute atomic E-state index is 14.2. The SMILES string of the molecule is COCCn1cnc(-c2cc(Cl)c(F)c(C(C)(C)C)c2)c1. The summed E-state index contributed by atoms with van der Waals surface area (Å²) >= 11 is 6.04. The molecule has 0 aliphatic heterocycles. The van der Waals surface area contributed by atoms with E-state index in [0.717, 1.165) is 17.8 Å². The molecule has 21 heavy (non-hydrogen) atoms. The molecule has 0 atom stereocenters. The van der Waals surface area contributed by atoms with Gasteiger partial charge in [0.05, 0.1) is 23.7 Å². The van der Waals surface area contributed by atoms with Crippen LogP contribution >= 0.6 is 11.6 Å². The Morgan fingerprint density at radius 2 is 2.05 bits per heavy atom. The Bertz CT molecular complexity index is 632. The van der Waals surface area contributed by atoms with Crippen molar-refractivity contribution < 1.29 is 9.13 Å². The van der Waals surface area contributed by atoms with E-state index in [-0.39, 0.29) is 16.3 Å². The summed E-state index contributed by atoms with van der Waals surface area (Å²) < 4.78 is 21.2. The average Bonchev–Trinajstić information content (AvgIpc) is 2.86. The molecule has 0 bridgehead atoms. The Hall–Kier alpha value is -1.39. The van der Waals surface area contributed by atoms with Crippen LogP contribution in [0.15, 0.2) is 24.7 Å². The molecule has 5 heteroatoms. The Labute approximate surface area is 129 Å². The first kappa shape index (κ1) is 16.0. The van der Waals surface area contributed by atoms with Crippen LogP contribution in [0.4, 0.5) is 4.39 Å². The van der Waals surface area contributed by atoms with Crippen molar-refractivity contribution in [3.63, 3.8) is 0 Å². The molecule has 2 aromatic rings. The summed E-state index contributed by atoms with van der Waals surface area (Å²) in [7, 11) is 1.66. The lowest BCUT2D eigenvalue weighted by atomic mass is 9.85. The van der Waals surface area contributed by atoms with Gasteiger partial charge in [0.25, 0.3) is 0 Å². The van der Waals surface area contributed by atoms with Crippen LogP contribution in [-0.4, -0.2) is 23.3 Å². The number of benzene rings is 1. The van der Waals surface area contributed by atoms with Gasteiger partial charge < -0.3 is 9.30 Å². The molecule has 0 spiro atoms. The van der Waals surface area contributed by atoms with E-state index < -0.39 is 0 Å². The highest BCUT2D eigenvalue weighted by molar-refractivity contribution is 6.31. The van der Waals surface area contributed by atoms with Crippen molar-refractivity contribution in [1.82, 2.24) is 9.55 Å². The van der Waals surface area contributed by atoms with E-state index in [4.69, 9.17) is 16.3 Å². The third-order valence-electron chi connectivity index (χ3n) is 3.32. The zero-order chi connectivity index (χ0) is 15.6. The maximum Gasteiger partial charge on any atom is 0.145 e. The Kier molecular flexibility index (Phi) is 4.69. The molecule has 1 aromatic heterocycles. The van der Waals surface area contributed by atoms with Gasteiger partial charge in [-0.05, 0) is 23.1 Å². The molecule has 0 fully saturated rings. The smallest absolute Gasteiger partial charge is 0.145 e. The van der Waals surface area contributed by atoms with Crippen LogP contribution in [0.2, 0.25) is 5.02 Å². The van der Waals surface area contributed by atoms with E-state index in [9.17, 15) is 4.39 Å². The normalized spacial score (nSPS) is 11.9. The van der Waals surface area contributed by atoms with E-state index >= 15 is 0 Å². The standard InChI is InChI=1S/C16H20ClFN2O/c1-16(2,3)12-7-11(8-13(17)15(12)18)14-9-20(10-19-14)5-6-21-4/h7-10H,5-6H2,1-4H3. The van der Waals surface area contributed by atoms with Gasteiger partial charge in [-0.2, -0.15) is 0 Å². The summed E-state index contributed by atoms with van der Waals surface area (Å²) in [4.78, 5) is 4.36. The van der Waals surface area contributed by atoms with E-state index in [1.54, 1.807) is 19.5 Å². The van der Waals surface area contributed by atoms with Crippen LogP contribution < -0.4 is 0 Å². The molecule has 0 unspecified atom stereocenters. The van der Waals surface area contributed by atoms with Gasteiger partial charge in [-0.15, -0.1) is 0 Å². The zero-order valence-electron chi connectivity index (χ0n) is 12.8. The lowest BCUT2D eigenvalue weighted by Gasteiger charge is -2.21. The van der Waals surface area contributed by atoms with Gasteiger partial charge in [0.2, 0.25) is 0 Å². The highest BCUT2D eigenvalue weighted by atomic mass is 35.5. The summed E-state index contributed by atoms with van der Waals surface area (Å²) in [6.07, 6.45) is 3.65. The first-order chi connectivity index (χ1) is 9.82. The monoisotopic (exact) mass is 310 g/mol. The molecule has 1 aromatic carbocycles. The van der Waals surface area contributed by atoms with Crippen LogP contribution in [0.25, 0.3) is 11.3 Å². The third kappa shape index (κ3) is 3.63. The van der Waals surface area contributed by atoms with Crippen LogP contribution in [0.5, 0.6) is 0 Å². The van der Waals surface area contributed by atoms with Crippen molar-refractivity contribution in [1.29, 1.82) is 0 Å². The molecule has 0 N–H and O–H groups in total. The fraction of sp³-hybridized carbons (Fsp3) is 0.438. The fourth-order valence-corrected chi connectivity index (χ4v) is 2.33. The van der Waals surface area contributed by atoms with Crippen LogP contribution in [0, 0.1) is 5.82 Å². The average molecular weight is 311 g/mol. The van der Waals surface area contributed by atoms with Crippen molar-refractivity contribution in [2.24, 2.45) is 0 Å². The largest absolute Gasteiger partial charge is 0.383 e. The molecule has 0 saturated carbocycles. The van der Waals surface area contributed by atoms with Gasteiger partial charge in [-0.3, -0.25) is 0 Å². The Morgan fingerprint density at radius 3 is 2.67 bits per heavy atom. The van der Waals surface area contributed by atoms with Crippen molar-refractivity contribution >= 4 is 11.6 Å². The van der Waals surface area contributed by atoms with Gasteiger partial charge in [0, 0.05) is 25.4 Å². The molecule has 3 nitrogen and oxygen atoms in total. The van der Waals surface area contributed by atoms with Gasteiger partial charge in [-0.1, -0.05) is 32.4 Å². The fourth-order valence-electron chi connectivity index (χ4n) is 2.11. The van der Waals surface area contributed by atoms with Crippen molar-refractivity contribution in [2.75, 3.05) is 13.7 Å². The van der Waals surface area contributed by atoms with E-state index in [0.29, 0.717) is 12.2 Å². The summed E-state index contributed by atoms with van der Waals surface area (Å²) in [6, 6.07) is 3.44. The summed E-state index contributed by atoms with van der Waals surface area (Å²) in [5.41, 5.74) is 1.87. The number of methoxy groups -OCH3 is 1. The molecule has 1 heterocycles. The molecule has 2 rings (SSSR count). The second-order valence-corrected chi connectivity index (χ2v) is 6.47. The summed E-state index contributed by atoms with van der Waals surface area (Å²) in [6.45, 7) is 7.23. The number of hydrogen-bond donors (Lipinski definition) is 0. The van der Waals surface area contributed by atoms with Gasteiger partial charge in [0.1, 0.15) is 5.82 Å². The zero-order valence-corrected chi connectivity index (χ0v) is 13.5. The van der Waals surface area contributed by atoms with Crippen molar-refractivity contribution in [2.45, 2.75) is 32.7 Å².